The molecule has 0 saturated carbocycles. The first-order chi connectivity index (χ1) is 9.08. The average Bonchev–Trinajstić information content (AvgIpc) is 2.41. The van der Waals surface area contributed by atoms with E-state index in [-0.39, 0.29) is 11.8 Å². The van der Waals surface area contributed by atoms with Gasteiger partial charge in [-0.15, -0.1) is 0 Å². The lowest BCUT2D eigenvalue weighted by atomic mass is 9.90. The number of hydrogen-bond donors (Lipinski definition) is 2. The van der Waals surface area contributed by atoms with E-state index < -0.39 is 18.2 Å². The lowest BCUT2D eigenvalue weighted by Crippen LogP contribution is -2.67. The van der Waals surface area contributed by atoms with Gasteiger partial charge in [0.15, 0.2) is 0 Å². The van der Waals surface area contributed by atoms with Gasteiger partial charge in [-0.2, -0.15) is 0 Å². The fraction of sp³-hybridized carbons (Fsp3) is 0.429. The summed E-state index contributed by atoms with van der Waals surface area (Å²) in [4.78, 5) is 26.0. The average molecular weight is 260 g/mol. The molecule has 2 aliphatic rings. The molecule has 5 heteroatoms. The van der Waals surface area contributed by atoms with E-state index >= 15 is 0 Å². The number of fused-ring (bicyclic) bond motifs is 2. The Balaban J connectivity index is 1.95. The molecular formula is C14H16N2O3. The van der Waals surface area contributed by atoms with Crippen molar-refractivity contribution in [3.63, 3.8) is 0 Å². The summed E-state index contributed by atoms with van der Waals surface area (Å²) in [5.74, 6) is -0.380. The molecule has 0 spiro atoms. The highest BCUT2D eigenvalue weighted by Crippen LogP contribution is 2.26. The molecule has 1 aromatic rings. The van der Waals surface area contributed by atoms with Crippen LogP contribution in [-0.2, 0) is 22.6 Å². The number of aliphatic hydroxyl groups is 1. The van der Waals surface area contributed by atoms with Crippen molar-refractivity contribution in [3.8, 4) is 0 Å². The maximum absolute atomic E-state index is 12.3. The fourth-order valence-electron chi connectivity index (χ4n) is 2.81. The maximum atomic E-state index is 12.3. The third-order valence-corrected chi connectivity index (χ3v) is 3.88. The van der Waals surface area contributed by atoms with Crippen LogP contribution in [0.5, 0.6) is 0 Å². The molecule has 3 atom stereocenters. The van der Waals surface area contributed by atoms with E-state index in [0.29, 0.717) is 13.0 Å². The second kappa shape index (κ2) is 4.35. The van der Waals surface area contributed by atoms with E-state index in [4.69, 9.17) is 0 Å². The second-order valence-electron chi connectivity index (χ2n) is 5.18. The van der Waals surface area contributed by atoms with E-state index in [1.165, 1.54) is 6.92 Å². The molecule has 1 fully saturated rings. The molecule has 1 saturated heterocycles. The normalized spacial score (nSPS) is 27.4. The Bertz CT molecular complexity index is 541. The van der Waals surface area contributed by atoms with Crippen LogP contribution in [0.2, 0.25) is 0 Å². The van der Waals surface area contributed by atoms with Gasteiger partial charge in [-0.05, 0) is 18.1 Å². The zero-order valence-corrected chi connectivity index (χ0v) is 10.7. The third kappa shape index (κ3) is 1.90. The van der Waals surface area contributed by atoms with Gasteiger partial charge in [0.25, 0.3) is 0 Å². The summed E-state index contributed by atoms with van der Waals surface area (Å²) in [6.07, 6.45) is -0.338. The van der Waals surface area contributed by atoms with Crippen molar-refractivity contribution in [2.24, 2.45) is 0 Å². The van der Waals surface area contributed by atoms with Gasteiger partial charge in [0.2, 0.25) is 11.8 Å². The largest absolute Gasteiger partial charge is 0.391 e. The van der Waals surface area contributed by atoms with Crippen molar-refractivity contribution in [1.29, 1.82) is 0 Å². The highest BCUT2D eigenvalue weighted by Gasteiger charge is 2.44. The molecule has 2 aliphatic heterocycles. The first-order valence-corrected chi connectivity index (χ1v) is 6.43. The van der Waals surface area contributed by atoms with E-state index in [2.05, 4.69) is 5.32 Å². The van der Waals surface area contributed by atoms with E-state index in [1.54, 1.807) is 4.90 Å². The van der Waals surface area contributed by atoms with Crippen molar-refractivity contribution < 1.29 is 14.7 Å². The number of rotatable bonds is 1. The number of benzene rings is 1. The molecule has 5 nitrogen and oxygen atoms in total. The predicted molar refractivity (Wildman–Crippen MR) is 68.1 cm³/mol. The number of nitrogens with zero attached hydrogens (tertiary/aromatic N) is 1. The van der Waals surface area contributed by atoms with Crippen LogP contribution in [0, 0.1) is 0 Å². The summed E-state index contributed by atoms with van der Waals surface area (Å²) in [6, 6.07) is 6.56. The molecule has 0 radical (unpaired) electrons. The van der Waals surface area contributed by atoms with Gasteiger partial charge in [0, 0.05) is 13.0 Å². The molecule has 1 aromatic carbocycles. The lowest BCUT2D eigenvalue weighted by Gasteiger charge is -2.42. The standard InChI is InChI=1S/C14H16N2O3/c1-8(17)12-14(19)16-7-10-5-3-2-4-9(10)6-11(16)13(18)15-12/h2-5,8,11-12,17H,6-7H2,1H3,(H,15,18)/t8-,11+,12-/m0/s1. The Hall–Kier alpha value is -1.88. The Morgan fingerprint density at radius 2 is 2.00 bits per heavy atom. The zero-order valence-electron chi connectivity index (χ0n) is 10.7. The number of amides is 2. The molecule has 0 bridgehead atoms. The van der Waals surface area contributed by atoms with Crippen LogP contribution in [0.3, 0.4) is 0 Å². The molecule has 0 unspecified atom stereocenters. The number of nitrogens with one attached hydrogen (secondary N) is 1. The predicted octanol–water partition coefficient (Wildman–Crippen LogP) is -0.181. The number of carbonyl (C=O) groups is 2. The number of hydrogen-bond acceptors (Lipinski definition) is 3. The number of carbonyl (C=O) groups excluding carboxylic acids is 2. The number of aliphatic hydroxyl groups excluding tert-OH is 1. The molecule has 2 heterocycles. The smallest absolute Gasteiger partial charge is 0.248 e. The van der Waals surface area contributed by atoms with Gasteiger partial charge in [0.05, 0.1) is 6.10 Å². The highest BCUT2D eigenvalue weighted by molar-refractivity contribution is 5.97. The first kappa shape index (κ1) is 12.2. The van der Waals surface area contributed by atoms with Crippen molar-refractivity contribution in [2.45, 2.75) is 38.1 Å². The van der Waals surface area contributed by atoms with Gasteiger partial charge in [-0.3, -0.25) is 9.59 Å². The Morgan fingerprint density at radius 3 is 2.68 bits per heavy atom. The van der Waals surface area contributed by atoms with Crippen molar-refractivity contribution >= 4 is 11.8 Å². The topological polar surface area (TPSA) is 69.6 Å². The minimum absolute atomic E-state index is 0.181. The van der Waals surface area contributed by atoms with Gasteiger partial charge in [0.1, 0.15) is 12.1 Å². The van der Waals surface area contributed by atoms with Crippen LogP contribution in [0.15, 0.2) is 24.3 Å². The summed E-state index contributed by atoms with van der Waals surface area (Å²) < 4.78 is 0. The third-order valence-electron chi connectivity index (χ3n) is 3.88. The van der Waals surface area contributed by atoms with Crippen LogP contribution >= 0.6 is 0 Å². The van der Waals surface area contributed by atoms with Crippen LogP contribution in [0.1, 0.15) is 18.1 Å². The second-order valence-corrected chi connectivity index (χ2v) is 5.18. The minimum atomic E-state index is -0.880. The van der Waals surface area contributed by atoms with E-state index in [9.17, 15) is 14.7 Å². The molecule has 2 amide bonds. The van der Waals surface area contributed by atoms with Crippen molar-refractivity contribution in [1.82, 2.24) is 10.2 Å². The van der Waals surface area contributed by atoms with Gasteiger partial charge < -0.3 is 15.3 Å². The quantitative estimate of drug-likeness (QED) is 0.736. The van der Waals surface area contributed by atoms with Crippen LogP contribution in [-0.4, -0.2) is 40.0 Å². The summed E-state index contributed by atoms with van der Waals surface area (Å²) in [5, 5.41) is 12.2. The lowest BCUT2D eigenvalue weighted by molar-refractivity contribution is -0.153. The van der Waals surface area contributed by atoms with E-state index in [0.717, 1.165) is 11.1 Å². The fourth-order valence-corrected chi connectivity index (χ4v) is 2.81. The molecule has 2 N–H and O–H groups in total. The molecule has 19 heavy (non-hydrogen) atoms. The summed E-state index contributed by atoms with van der Waals surface area (Å²) in [7, 11) is 0. The maximum Gasteiger partial charge on any atom is 0.248 e. The Morgan fingerprint density at radius 1 is 1.32 bits per heavy atom. The molecular weight excluding hydrogens is 244 g/mol. The monoisotopic (exact) mass is 260 g/mol. The number of piperazine rings is 1. The van der Waals surface area contributed by atoms with Gasteiger partial charge in [-0.25, -0.2) is 0 Å². The molecule has 0 aromatic heterocycles. The SMILES string of the molecule is C[C@H](O)[C@@H]1NC(=O)[C@H]2Cc3ccccc3CN2C1=O. The highest BCUT2D eigenvalue weighted by atomic mass is 16.3. The summed E-state index contributed by atoms with van der Waals surface area (Å²) in [5.41, 5.74) is 2.19. The Labute approximate surface area is 111 Å². The first-order valence-electron chi connectivity index (χ1n) is 6.43. The van der Waals surface area contributed by atoms with Crippen molar-refractivity contribution in [2.75, 3.05) is 0 Å². The summed E-state index contributed by atoms with van der Waals surface area (Å²) in [6.45, 7) is 1.96. The van der Waals surface area contributed by atoms with Gasteiger partial charge >= 0.3 is 0 Å². The van der Waals surface area contributed by atoms with Crippen LogP contribution < -0.4 is 5.32 Å². The zero-order chi connectivity index (χ0) is 13.6. The van der Waals surface area contributed by atoms with Crippen molar-refractivity contribution in [3.05, 3.63) is 35.4 Å². The van der Waals surface area contributed by atoms with Crippen LogP contribution in [0.25, 0.3) is 0 Å². The minimum Gasteiger partial charge on any atom is -0.391 e. The molecule has 3 rings (SSSR count). The van der Waals surface area contributed by atoms with E-state index in [1.807, 2.05) is 24.3 Å². The Kier molecular flexibility index (Phi) is 2.78. The molecule has 0 aliphatic carbocycles. The van der Waals surface area contributed by atoms with Gasteiger partial charge in [-0.1, -0.05) is 24.3 Å². The molecule has 100 valence electrons. The summed E-state index contributed by atoms with van der Waals surface area (Å²) >= 11 is 0. The van der Waals surface area contributed by atoms with Crippen LogP contribution in [0.4, 0.5) is 0 Å².